The predicted molar refractivity (Wildman–Crippen MR) is 136 cm³/mol. The van der Waals surface area contributed by atoms with E-state index in [1.54, 1.807) is 42.5 Å². The van der Waals surface area contributed by atoms with Crippen molar-refractivity contribution in [3.63, 3.8) is 0 Å². The van der Waals surface area contributed by atoms with Crippen molar-refractivity contribution in [3.05, 3.63) is 89.7 Å². The van der Waals surface area contributed by atoms with E-state index in [9.17, 15) is 22.4 Å². The van der Waals surface area contributed by atoms with Crippen LogP contribution in [0, 0.1) is 12.7 Å². The van der Waals surface area contributed by atoms with E-state index in [1.165, 1.54) is 30.5 Å². The lowest BCUT2D eigenvalue weighted by Crippen LogP contribution is -2.39. The van der Waals surface area contributed by atoms with Crippen molar-refractivity contribution in [1.29, 1.82) is 0 Å². The van der Waals surface area contributed by atoms with Gasteiger partial charge in [-0.25, -0.2) is 18.2 Å². The number of nitrogens with one attached hydrogen (secondary N) is 2. The van der Waals surface area contributed by atoms with Crippen LogP contribution in [0.4, 0.5) is 15.8 Å². The zero-order chi connectivity index (χ0) is 26.1. The third kappa shape index (κ3) is 8.20. The molecule has 0 aliphatic rings. The molecule has 3 aromatic carbocycles. The topological polar surface area (TPSA) is 117 Å². The largest absolute Gasteiger partial charge is 0.484 e. The summed E-state index contributed by atoms with van der Waals surface area (Å²) in [7, 11) is -3.68. The molecule has 0 saturated heterocycles. The number of amides is 2. The molecule has 0 bridgehead atoms. The summed E-state index contributed by atoms with van der Waals surface area (Å²) in [5.41, 5.74) is 4.66. The molecule has 0 saturated carbocycles. The maximum absolute atomic E-state index is 12.9. The highest BCUT2D eigenvalue weighted by atomic mass is 32.2. The van der Waals surface area contributed by atoms with Crippen LogP contribution in [0.15, 0.2) is 77.9 Å². The molecule has 0 aromatic heterocycles. The Morgan fingerprint density at radius 2 is 1.72 bits per heavy atom. The Balaban J connectivity index is 1.49. The molecule has 0 aliphatic heterocycles. The minimum Gasteiger partial charge on any atom is -0.484 e. The Labute approximate surface area is 208 Å². The van der Waals surface area contributed by atoms with Crippen LogP contribution in [0.2, 0.25) is 0 Å². The quantitative estimate of drug-likeness (QED) is 0.320. The molecule has 0 aliphatic carbocycles. The van der Waals surface area contributed by atoms with Crippen molar-refractivity contribution in [2.75, 3.05) is 29.0 Å². The molecule has 3 aromatic rings. The molecule has 36 heavy (non-hydrogen) atoms. The first-order valence-electron chi connectivity index (χ1n) is 10.7. The van der Waals surface area contributed by atoms with E-state index >= 15 is 0 Å². The third-order valence-corrected chi connectivity index (χ3v) is 5.90. The molecule has 188 valence electrons. The normalized spacial score (nSPS) is 11.2. The Morgan fingerprint density at radius 3 is 2.36 bits per heavy atom. The Morgan fingerprint density at radius 1 is 1.03 bits per heavy atom. The van der Waals surface area contributed by atoms with E-state index in [0.29, 0.717) is 22.7 Å². The van der Waals surface area contributed by atoms with Gasteiger partial charge in [0, 0.05) is 5.69 Å². The van der Waals surface area contributed by atoms with E-state index in [0.717, 1.165) is 16.1 Å². The smallest absolute Gasteiger partial charge is 0.262 e. The van der Waals surface area contributed by atoms with Gasteiger partial charge < -0.3 is 10.1 Å². The fraction of sp³-hybridized carbons (Fsp3) is 0.160. The van der Waals surface area contributed by atoms with Crippen LogP contribution in [0.25, 0.3) is 0 Å². The lowest BCUT2D eigenvalue weighted by Gasteiger charge is -2.21. The van der Waals surface area contributed by atoms with Crippen LogP contribution < -0.4 is 19.8 Å². The summed E-state index contributed by atoms with van der Waals surface area (Å²) >= 11 is 0. The van der Waals surface area contributed by atoms with E-state index in [-0.39, 0.29) is 6.61 Å². The second kappa shape index (κ2) is 11.9. The van der Waals surface area contributed by atoms with Gasteiger partial charge in [0.1, 0.15) is 18.1 Å². The zero-order valence-electron chi connectivity index (χ0n) is 19.6. The molecule has 0 unspecified atom stereocenters. The molecule has 3 rings (SSSR count). The van der Waals surface area contributed by atoms with Gasteiger partial charge in [-0.2, -0.15) is 5.10 Å². The molecular weight excluding hydrogens is 487 g/mol. The van der Waals surface area contributed by atoms with Crippen LogP contribution in [0.3, 0.4) is 0 Å². The van der Waals surface area contributed by atoms with E-state index in [2.05, 4.69) is 15.8 Å². The molecule has 0 fully saturated rings. The first-order valence-corrected chi connectivity index (χ1v) is 12.6. The fourth-order valence-corrected chi connectivity index (χ4v) is 3.91. The monoisotopic (exact) mass is 512 g/mol. The van der Waals surface area contributed by atoms with E-state index in [4.69, 9.17) is 4.74 Å². The Hall–Kier alpha value is -4.25. The van der Waals surface area contributed by atoms with Crippen molar-refractivity contribution in [2.45, 2.75) is 6.92 Å². The van der Waals surface area contributed by atoms with Gasteiger partial charge in [-0.05, 0) is 78.7 Å². The number of anilines is 2. The van der Waals surface area contributed by atoms with Gasteiger partial charge in [-0.15, -0.1) is 0 Å². The molecule has 0 heterocycles. The van der Waals surface area contributed by atoms with Gasteiger partial charge >= 0.3 is 0 Å². The zero-order valence-corrected chi connectivity index (χ0v) is 20.5. The highest BCUT2D eigenvalue weighted by molar-refractivity contribution is 7.92. The number of carbonyl (C=O) groups is 2. The summed E-state index contributed by atoms with van der Waals surface area (Å²) in [6.45, 7) is 1.17. The molecule has 0 radical (unpaired) electrons. The first kappa shape index (κ1) is 26.4. The molecule has 9 nitrogen and oxygen atoms in total. The number of hydrazone groups is 1. The SMILES string of the molecule is Cc1cccc(N(CC(=O)N/N=C/c2ccc(OCC(=O)Nc3ccc(F)cc3)cc2)S(C)(=O)=O)c1. The van der Waals surface area contributed by atoms with Crippen molar-refractivity contribution in [1.82, 2.24) is 5.43 Å². The standard InChI is InChI=1S/C25H25FN4O5S/c1-18-4-3-5-22(14-18)30(36(2,33)34)16-24(31)29-27-15-19-6-12-23(13-7-19)35-17-25(32)28-21-10-8-20(26)9-11-21/h3-15H,16-17H2,1-2H3,(H,28,32)(H,29,31)/b27-15+. The number of halogens is 1. The molecular formula is C25H25FN4O5S. The summed E-state index contributed by atoms with van der Waals surface area (Å²) in [5.74, 6) is -0.966. The lowest BCUT2D eigenvalue weighted by molar-refractivity contribution is -0.119. The molecule has 0 atom stereocenters. The average molecular weight is 513 g/mol. The number of hydrogen-bond acceptors (Lipinski definition) is 6. The number of nitrogens with zero attached hydrogens (tertiary/aromatic N) is 2. The van der Waals surface area contributed by atoms with Crippen LogP contribution in [0.5, 0.6) is 5.75 Å². The van der Waals surface area contributed by atoms with Gasteiger partial charge in [0.05, 0.1) is 18.2 Å². The van der Waals surface area contributed by atoms with Crippen molar-refractivity contribution < 1.29 is 27.1 Å². The number of sulfonamides is 1. The van der Waals surface area contributed by atoms with Crippen molar-refractivity contribution in [2.24, 2.45) is 5.10 Å². The summed E-state index contributed by atoms with van der Waals surface area (Å²) in [6.07, 6.45) is 2.42. The second-order valence-corrected chi connectivity index (χ2v) is 9.72. The molecule has 11 heteroatoms. The van der Waals surface area contributed by atoms with Crippen molar-refractivity contribution >= 4 is 39.4 Å². The fourth-order valence-electron chi connectivity index (χ4n) is 3.06. The number of rotatable bonds is 10. The highest BCUT2D eigenvalue weighted by Crippen LogP contribution is 2.18. The van der Waals surface area contributed by atoms with Crippen LogP contribution in [-0.2, 0) is 19.6 Å². The predicted octanol–water partition coefficient (Wildman–Crippen LogP) is 3.07. The second-order valence-electron chi connectivity index (χ2n) is 7.81. The van der Waals surface area contributed by atoms with Gasteiger partial charge in [0.2, 0.25) is 10.0 Å². The number of carbonyl (C=O) groups excluding carboxylic acids is 2. The van der Waals surface area contributed by atoms with Crippen molar-refractivity contribution in [3.8, 4) is 5.75 Å². The van der Waals surface area contributed by atoms with E-state index < -0.39 is 34.2 Å². The Bertz CT molecular complexity index is 1340. The van der Waals surface area contributed by atoms with Crippen LogP contribution >= 0.6 is 0 Å². The number of benzene rings is 3. The van der Waals surface area contributed by atoms with Crippen LogP contribution in [0.1, 0.15) is 11.1 Å². The van der Waals surface area contributed by atoms with Gasteiger partial charge in [0.25, 0.3) is 11.8 Å². The number of hydrogen-bond donors (Lipinski definition) is 2. The lowest BCUT2D eigenvalue weighted by atomic mass is 10.2. The first-order chi connectivity index (χ1) is 17.1. The summed E-state index contributed by atoms with van der Waals surface area (Å²) < 4.78 is 43.7. The maximum Gasteiger partial charge on any atom is 0.262 e. The van der Waals surface area contributed by atoms with Gasteiger partial charge in [0.15, 0.2) is 6.61 Å². The molecule has 2 N–H and O–H groups in total. The van der Waals surface area contributed by atoms with Gasteiger partial charge in [-0.1, -0.05) is 12.1 Å². The maximum atomic E-state index is 12.9. The summed E-state index contributed by atoms with van der Waals surface area (Å²) in [4.78, 5) is 24.2. The molecule has 0 spiro atoms. The Kier molecular flexibility index (Phi) is 8.74. The van der Waals surface area contributed by atoms with Crippen LogP contribution in [-0.4, -0.2) is 45.9 Å². The molecule has 2 amide bonds. The average Bonchev–Trinajstić information content (AvgIpc) is 2.83. The highest BCUT2D eigenvalue weighted by Gasteiger charge is 2.20. The number of aryl methyl sites for hydroxylation is 1. The van der Waals surface area contributed by atoms with E-state index in [1.807, 2.05) is 13.0 Å². The number of ether oxygens (including phenoxy) is 1. The van der Waals surface area contributed by atoms with Gasteiger partial charge in [-0.3, -0.25) is 13.9 Å². The minimum atomic E-state index is -3.68. The minimum absolute atomic E-state index is 0.237. The summed E-state index contributed by atoms with van der Waals surface area (Å²) in [5, 5.41) is 6.46. The summed E-state index contributed by atoms with van der Waals surface area (Å²) in [6, 6.07) is 18.8. The third-order valence-electron chi connectivity index (χ3n) is 4.76.